The van der Waals surface area contributed by atoms with E-state index in [-0.39, 0.29) is 50.1 Å². The lowest BCUT2D eigenvalue weighted by molar-refractivity contribution is -0.139. The third-order valence-corrected chi connectivity index (χ3v) is 11.8. The van der Waals surface area contributed by atoms with E-state index in [0.29, 0.717) is 11.5 Å². The number of benzene rings is 3. The van der Waals surface area contributed by atoms with Gasteiger partial charge >= 0.3 is 11.7 Å². The number of ether oxygens (including phenoxy) is 5. The Kier molecular flexibility index (Phi) is 15.2. The van der Waals surface area contributed by atoms with E-state index >= 15 is 0 Å². The number of carbonyl (C=O) groups excluding carboxylic acids is 1. The highest BCUT2D eigenvalue weighted by molar-refractivity contribution is 7.44. The molecule has 15 heteroatoms. The van der Waals surface area contributed by atoms with Crippen LogP contribution in [0.2, 0.25) is 0 Å². The van der Waals surface area contributed by atoms with Gasteiger partial charge in [-0.05, 0) is 68.7 Å². The first-order valence-corrected chi connectivity index (χ1v) is 19.9. The maximum atomic E-state index is 13.4. The molecule has 0 amide bonds. The van der Waals surface area contributed by atoms with E-state index in [1.54, 1.807) is 14.2 Å². The average Bonchev–Trinajstić information content (AvgIpc) is 3.61. The molecule has 1 aliphatic heterocycles. The van der Waals surface area contributed by atoms with Gasteiger partial charge in [-0.25, -0.2) is 9.46 Å². The molecule has 4 atom stereocenters. The van der Waals surface area contributed by atoms with Gasteiger partial charge < -0.3 is 32.7 Å². The fourth-order valence-corrected chi connectivity index (χ4v) is 8.68. The van der Waals surface area contributed by atoms with Crippen LogP contribution in [0, 0.1) is 11.3 Å². The summed E-state index contributed by atoms with van der Waals surface area (Å²) in [5.41, 5.74) is -0.107. The van der Waals surface area contributed by atoms with E-state index in [1.807, 2.05) is 107 Å². The van der Waals surface area contributed by atoms with Crippen LogP contribution in [0.4, 0.5) is 0 Å². The van der Waals surface area contributed by atoms with Gasteiger partial charge in [-0.15, -0.1) is 0 Å². The summed E-state index contributed by atoms with van der Waals surface area (Å²) in [6.07, 6.45) is -1.11. The lowest BCUT2D eigenvalue weighted by Crippen LogP contribution is -2.39. The van der Waals surface area contributed by atoms with Gasteiger partial charge in [-0.2, -0.15) is 5.26 Å². The van der Waals surface area contributed by atoms with E-state index in [9.17, 15) is 19.6 Å². The number of rotatable bonds is 19. The number of nitriles is 1. The highest BCUT2D eigenvalue weighted by Crippen LogP contribution is 2.50. The van der Waals surface area contributed by atoms with Crippen LogP contribution in [-0.4, -0.2) is 79.0 Å². The summed E-state index contributed by atoms with van der Waals surface area (Å²) in [5.74, 6) is 0.712. The predicted octanol–water partition coefficient (Wildman–Crippen LogP) is 6.23. The molecule has 3 aromatic carbocycles. The second-order valence-corrected chi connectivity index (χ2v) is 15.4. The van der Waals surface area contributed by atoms with Crippen molar-refractivity contribution in [3.05, 3.63) is 128 Å². The summed E-state index contributed by atoms with van der Waals surface area (Å²) in [6.45, 7) is 8.29. The molecule has 2 heterocycles. The number of nitrogens with one attached hydrogen (secondary N) is 1. The summed E-state index contributed by atoms with van der Waals surface area (Å²) < 4.78 is 46.3. The van der Waals surface area contributed by atoms with Crippen molar-refractivity contribution in [2.75, 3.05) is 34.5 Å². The third kappa shape index (κ3) is 10.2. The molecule has 0 bridgehead atoms. The SMILES string of the molecule is COC(=O)Cc1cn([C@H]2C[C@H](OP(OCCC#N)N(C(C)C)C(C)C)[C@@H](COC(c3ccccc3)(c3ccc(OC)cc3)c3ccc(OC)cc3)O2)c(=O)[nH]c1=O. The van der Waals surface area contributed by atoms with Crippen molar-refractivity contribution in [2.45, 2.75) is 83.1 Å². The minimum absolute atomic E-state index is 0.0181. The number of aromatic nitrogens is 2. The Bertz CT molecular complexity index is 2010. The summed E-state index contributed by atoms with van der Waals surface area (Å²) in [6, 6.07) is 27.3. The Morgan fingerprint density at radius 1 is 0.930 bits per heavy atom. The number of carbonyl (C=O) groups is 1. The zero-order valence-corrected chi connectivity index (χ0v) is 34.3. The van der Waals surface area contributed by atoms with Gasteiger partial charge in [-0.1, -0.05) is 54.6 Å². The minimum atomic E-state index is -1.74. The Morgan fingerprint density at radius 3 is 2.04 bits per heavy atom. The number of hydrogen-bond donors (Lipinski definition) is 1. The van der Waals surface area contributed by atoms with Crippen LogP contribution in [0.3, 0.4) is 0 Å². The third-order valence-electron chi connectivity index (χ3n) is 9.62. The zero-order valence-electron chi connectivity index (χ0n) is 33.4. The van der Waals surface area contributed by atoms with Crippen LogP contribution in [-0.2, 0) is 40.1 Å². The number of esters is 1. The molecule has 0 saturated carbocycles. The predicted molar refractivity (Wildman–Crippen MR) is 214 cm³/mol. The standard InChI is InChI=1S/C42H51N4O10P/c1-28(2)46(29(3)4)57(54-23-11-22-43)56-36-25-38(45-26-30(24-39(47)52-7)40(48)44-41(45)49)55-37(36)27-53-42(31-12-9-8-10-13-31,32-14-18-34(50-5)19-15-32)33-16-20-35(51-6)21-17-33/h8-10,12-21,26,28-29,36-38H,11,23-25,27H2,1-7H3,(H,44,48,49)/t36-,37+,38+,57?/m0/s1. The summed E-state index contributed by atoms with van der Waals surface area (Å²) in [4.78, 5) is 40.6. The first-order valence-electron chi connectivity index (χ1n) is 18.8. The van der Waals surface area contributed by atoms with Crippen LogP contribution in [0.1, 0.15) is 69.0 Å². The van der Waals surface area contributed by atoms with E-state index in [4.69, 9.17) is 32.7 Å². The Hall–Kier alpha value is -4.87. The normalized spacial score (nSPS) is 17.5. The van der Waals surface area contributed by atoms with Gasteiger partial charge in [0.25, 0.3) is 14.1 Å². The molecule has 1 aliphatic rings. The zero-order chi connectivity index (χ0) is 41.1. The van der Waals surface area contributed by atoms with E-state index in [1.165, 1.54) is 17.9 Å². The second-order valence-electron chi connectivity index (χ2n) is 13.9. The van der Waals surface area contributed by atoms with Crippen LogP contribution >= 0.6 is 8.53 Å². The van der Waals surface area contributed by atoms with Gasteiger partial charge in [0.2, 0.25) is 0 Å². The molecular weight excluding hydrogens is 751 g/mol. The second kappa shape index (κ2) is 20.0. The molecule has 57 heavy (non-hydrogen) atoms. The maximum Gasteiger partial charge on any atom is 0.330 e. The first kappa shape index (κ1) is 43.3. The molecule has 1 unspecified atom stereocenters. The van der Waals surface area contributed by atoms with Crippen molar-refractivity contribution in [3.63, 3.8) is 0 Å². The van der Waals surface area contributed by atoms with E-state index < -0.39 is 49.8 Å². The number of aromatic amines is 1. The minimum Gasteiger partial charge on any atom is -0.497 e. The van der Waals surface area contributed by atoms with Crippen molar-refractivity contribution in [3.8, 4) is 17.6 Å². The maximum absolute atomic E-state index is 13.4. The summed E-state index contributed by atoms with van der Waals surface area (Å²) >= 11 is 0. The topological polar surface area (TPSA) is 164 Å². The molecule has 304 valence electrons. The van der Waals surface area contributed by atoms with Gasteiger partial charge in [0.05, 0.1) is 59.6 Å². The molecule has 1 fully saturated rings. The van der Waals surface area contributed by atoms with Crippen LogP contribution in [0.15, 0.2) is 94.6 Å². The van der Waals surface area contributed by atoms with Crippen molar-refractivity contribution < 1.29 is 37.5 Å². The molecule has 1 aromatic heterocycles. The Labute approximate surface area is 334 Å². The Morgan fingerprint density at radius 2 is 1.51 bits per heavy atom. The highest BCUT2D eigenvalue weighted by atomic mass is 31.2. The molecule has 0 spiro atoms. The van der Waals surface area contributed by atoms with Crippen molar-refractivity contribution >= 4 is 14.5 Å². The molecule has 0 radical (unpaired) electrons. The average molecular weight is 803 g/mol. The molecule has 1 N–H and O–H groups in total. The lowest BCUT2D eigenvalue weighted by Gasteiger charge is -2.39. The van der Waals surface area contributed by atoms with E-state index in [0.717, 1.165) is 16.7 Å². The fraction of sp³-hybridized carbons (Fsp3) is 0.429. The smallest absolute Gasteiger partial charge is 0.330 e. The molecule has 14 nitrogen and oxygen atoms in total. The lowest BCUT2D eigenvalue weighted by atomic mass is 9.80. The van der Waals surface area contributed by atoms with Crippen LogP contribution in [0.25, 0.3) is 0 Å². The van der Waals surface area contributed by atoms with Crippen molar-refractivity contribution in [2.24, 2.45) is 0 Å². The molecule has 0 aliphatic carbocycles. The molecular formula is C42H51N4O10P. The number of H-pyrrole nitrogens is 1. The van der Waals surface area contributed by atoms with Gasteiger partial charge in [0.1, 0.15) is 29.4 Å². The Balaban J connectivity index is 1.62. The van der Waals surface area contributed by atoms with E-state index in [2.05, 4.69) is 15.7 Å². The van der Waals surface area contributed by atoms with Gasteiger partial charge in [0.15, 0.2) is 0 Å². The number of hydrogen-bond acceptors (Lipinski definition) is 12. The highest BCUT2D eigenvalue weighted by Gasteiger charge is 2.45. The quantitative estimate of drug-likeness (QED) is 0.0493. The molecule has 1 saturated heterocycles. The first-order chi connectivity index (χ1) is 27.4. The largest absolute Gasteiger partial charge is 0.497 e. The van der Waals surface area contributed by atoms with Crippen molar-refractivity contribution in [1.29, 1.82) is 5.26 Å². The van der Waals surface area contributed by atoms with Gasteiger partial charge in [0, 0.05) is 30.3 Å². The monoisotopic (exact) mass is 802 g/mol. The molecule has 5 rings (SSSR count). The van der Waals surface area contributed by atoms with Gasteiger partial charge in [-0.3, -0.25) is 19.1 Å². The van der Waals surface area contributed by atoms with Crippen molar-refractivity contribution in [1.82, 2.24) is 14.2 Å². The molecule has 4 aromatic rings. The number of methoxy groups -OCH3 is 3. The van der Waals surface area contributed by atoms with Crippen LogP contribution in [0.5, 0.6) is 11.5 Å². The van der Waals surface area contributed by atoms with Crippen LogP contribution < -0.4 is 20.7 Å². The summed E-state index contributed by atoms with van der Waals surface area (Å²) in [5, 5.41) is 9.33. The summed E-state index contributed by atoms with van der Waals surface area (Å²) in [7, 11) is 2.70. The number of nitrogens with zero attached hydrogens (tertiary/aromatic N) is 3. The fourth-order valence-electron chi connectivity index (χ4n) is 6.92.